The lowest BCUT2D eigenvalue weighted by molar-refractivity contribution is 0.0978. The summed E-state index contributed by atoms with van der Waals surface area (Å²) in [4.78, 5) is 12.3. The molecule has 0 spiro atoms. The standard InChI is InChI=1S/C16H18N2OS/c1-2-3-11-17-16(20)18-15(19)14-10-6-8-12-7-4-5-9-13(12)14/h4-10H,2-3,11H2,1H3,(H2,17,18,19,20). The van der Waals surface area contributed by atoms with Gasteiger partial charge in [0.2, 0.25) is 0 Å². The van der Waals surface area contributed by atoms with E-state index in [1.807, 2.05) is 42.5 Å². The molecule has 2 rings (SSSR count). The van der Waals surface area contributed by atoms with Crippen molar-refractivity contribution in [2.75, 3.05) is 6.54 Å². The summed E-state index contributed by atoms with van der Waals surface area (Å²) in [5.41, 5.74) is 0.641. The van der Waals surface area contributed by atoms with Crippen LogP contribution in [0.3, 0.4) is 0 Å². The number of fused-ring (bicyclic) bond motifs is 1. The fourth-order valence-corrected chi connectivity index (χ4v) is 2.21. The molecule has 0 bridgehead atoms. The quantitative estimate of drug-likeness (QED) is 0.669. The molecule has 2 aromatic carbocycles. The maximum atomic E-state index is 12.3. The van der Waals surface area contributed by atoms with E-state index >= 15 is 0 Å². The van der Waals surface area contributed by atoms with Crippen LogP contribution in [-0.4, -0.2) is 17.6 Å². The molecular weight excluding hydrogens is 268 g/mol. The second kappa shape index (κ2) is 7.01. The van der Waals surface area contributed by atoms with Crippen LogP contribution in [0.25, 0.3) is 10.8 Å². The summed E-state index contributed by atoms with van der Waals surface area (Å²) in [5.74, 6) is -0.171. The highest BCUT2D eigenvalue weighted by Crippen LogP contribution is 2.18. The molecule has 0 saturated heterocycles. The highest BCUT2D eigenvalue weighted by Gasteiger charge is 2.10. The van der Waals surface area contributed by atoms with Crippen molar-refractivity contribution in [3.63, 3.8) is 0 Å². The van der Waals surface area contributed by atoms with E-state index in [1.165, 1.54) is 0 Å². The fraction of sp³-hybridized carbons (Fsp3) is 0.250. The third kappa shape index (κ3) is 3.54. The third-order valence-electron chi connectivity index (χ3n) is 3.08. The van der Waals surface area contributed by atoms with Crippen LogP contribution in [0.1, 0.15) is 30.1 Å². The van der Waals surface area contributed by atoms with Gasteiger partial charge in [-0.25, -0.2) is 0 Å². The molecule has 4 heteroatoms. The number of thiocarbonyl (C=S) groups is 1. The molecule has 20 heavy (non-hydrogen) atoms. The molecule has 104 valence electrons. The molecule has 0 atom stereocenters. The lowest BCUT2D eigenvalue weighted by Gasteiger charge is -2.10. The Kier molecular flexibility index (Phi) is 5.07. The summed E-state index contributed by atoms with van der Waals surface area (Å²) in [7, 11) is 0. The van der Waals surface area contributed by atoms with Crippen LogP contribution >= 0.6 is 12.2 Å². The first kappa shape index (κ1) is 14.5. The molecule has 0 radical (unpaired) electrons. The Morgan fingerprint density at radius 3 is 2.70 bits per heavy atom. The lowest BCUT2D eigenvalue weighted by atomic mass is 10.0. The van der Waals surface area contributed by atoms with Gasteiger partial charge in [-0.1, -0.05) is 49.7 Å². The summed E-state index contributed by atoms with van der Waals surface area (Å²) in [6.45, 7) is 2.89. The summed E-state index contributed by atoms with van der Waals surface area (Å²) >= 11 is 5.12. The van der Waals surface area contributed by atoms with Crippen molar-refractivity contribution in [3.8, 4) is 0 Å². The molecule has 3 nitrogen and oxygen atoms in total. The van der Waals surface area contributed by atoms with E-state index in [2.05, 4.69) is 17.6 Å². The zero-order valence-electron chi connectivity index (χ0n) is 11.5. The molecule has 0 aliphatic carbocycles. The molecule has 0 saturated carbocycles. The van der Waals surface area contributed by atoms with Crippen LogP contribution < -0.4 is 10.6 Å². The van der Waals surface area contributed by atoms with Crippen LogP contribution in [0.5, 0.6) is 0 Å². The number of carbonyl (C=O) groups is 1. The molecule has 0 unspecified atom stereocenters. The largest absolute Gasteiger partial charge is 0.362 e. The van der Waals surface area contributed by atoms with Crippen molar-refractivity contribution < 1.29 is 4.79 Å². The van der Waals surface area contributed by atoms with Crippen LogP contribution in [0.4, 0.5) is 0 Å². The molecule has 0 fully saturated rings. The molecule has 0 aliphatic rings. The fourth-order valence-electron chi connectivity index (χ4n) is 2.02. The molecule has 0 aliphatic heterocycles. The van der Waals surface area contributed by atoms with Gasteiger partial charge in [0, 0.05) is 12.1 Å². The first-order valence-electron chi connectivity index (χ1n) is 6.79. The second-order valence-electron chi connectivity index (χ2n) is 4.59. The third-order valence-corrected chi connectivity index (χ3v) is 3.32. The molecule has 1 amide bonds. The number of nitrogens with one attached hydrogen (secondary N) is 2. The van der Waals surface area contributed by atoms with Crippen LogP contribution in [0.15, 0.2) is 42.5 Å². The molecule has 2 N–H and O–H groups in total. The van der Waals surface area contributed by atoms with Crippen molar-refractivity contribution in [2.45, 2.75) is 19.8 Å². The number of amides is 1. The lowest BCUT2D eigenvalue weighted by Crippen LogP contribution is -2.39. The van der Waals surface area contributed by atoms with E-state index in [0.717, 1.165) is 30.2 Å². The number of unbranched alkanes of at least 4 members (excludes halogenated alkanes) is 1. The highest BCUT2D eigenvalue weighted by atomic mass is 32.1. The number of hydrogen-bond donors (Lipinski definition) is 2. The smallest absolute Gasteiger partial charge is 0.258 e. The Labute approximate surface area is 124 Å². The topological polar surface area (TPSA) is 41.1 Å². The monoisotopic (exact) mass is 286 g/mol. The number of carbonyl (C=O) groups excluding carboxylic acids is 1. The van der Waals surface area contributed by atoms with Gasteiger partial charge in [0.15, 0.2) is 5.11 Å². The maximum absolute atomic E-state index is 12.3. The predicted molar refractivity (Wildman–Crippen MR) is 86.9 cm³/mol. The Balaban J connectivity index is 2.10. The van der Waals surface area contributed by atoms with E-state index in [4.69, 9.17) is 12.2 Å². The summed E-state index contributed by atoms with van der Waals surface area (Å²) in [5, 5.41) is 8.13. The molecule has 0 heterocycles. The second-order valence-corrected chi connectivity index (χ2v) is 5.00. The SMILES string of the molecule is CCCCNC(=S)NC(=O)c1cccc2ccccc12. The van der Waals surface area contributed by atoms with Crippen LogP contribution in [0.2, 0.25) is 0 Å². The van der Waals surface area contributed by atoms with Crippen LogP contribution in [-0.2, 0) is 0 Å². The average molecular weight is 286 g/mol. The zero-order chi connectivity index (χ0) is 14.4. The minimum Gasteiger partial charge on any atom is -0.362 e. The normalized spacial score (nSPS) is 10.2. The predicted octanol–water partition coefficient (Wildman–Crippen LogP) is 3.24. The van der Waals surface area contributed by atoms with E-state index in [-0.39, 0.29) is 5.91 Å². The van der Waals surface area contributed by atoms with Gasteiger partial charge in [-0.3, -0.25) is 10.1 Å². The average Bonchev–Trinajstić information content (AvgIpc) is 2.47. The van der Waals surface area contributed by atoms with Crippen molar-refractivity contribution in [1.82, 2.24) is 10.6 Å². The van der Waals surface area contributed by atoms with Crippen molar-refractivity contribution in [2.24, 2.45) is 0 Å². The summed E-state index contributed by atoms with van der Waals surface area (Å²) in [6, 6.07) is 13.5. The van der Waals surface area contributed by atoms with Gasteiger partial charge in [-0.05, 0) is 35.5 Å². The number of hydrogen-bond acceptors (Lipinski definition) is 2. The summed E-state index contributed by atoms with van der Waals surface area (Å²) < 4.78 is 0. The van der Waals surface area contributed by atoms with E-state index in [9.17, 15) is 4.79 Å². The van der Waals surface area contributed by atoms with Crippen molar-refractivity contribution >= 4 is 34.0 Å². The van der Waals surface area contributed by atoms with Gasteiger partial charge in [0.25, 0.3) is 5.91 Å². The van der Waals surface area contributed by atoms with Gasteiger partial charge in [0.1, 0.15) is 0 Å². The van der Waals surface area contributed by atoms with E-state index < -0.39 is 0 Å². The Bertz CT molecular complexity index is 619. The minimum absolute atomic E-state index is 0.171. The van der Waals surface area contributed by atoms with Gasteiger partial charge >= 0.3 is 0 Å². The van der Waals surface area contributed by atoms with Crippen LogP contribution in [0, 0.1) is 0 Å². The van der Waals surface area contributed by atoms with Crippen molar-refractivity contribution in [3.05, 3.63) is 48.0 Å². The van der Waals surface area contributed by atoms with Gasteiger partial charge < -0.3 is 5.32 Å². The minimum atomic E-state index is -0.171. The van der Waals surface area contributed by atoms with Gasteiger partial charge in [-0.15, -0.1) is 0 Å². The number of benzene rings is 2. The van der Waals surface area contributed by atoms with Gasteiger partial charge in [-0.2, -0.15) is 0 Å². The number of rotatable bonds is 4. The van der Waals surface area contributed by atoms with E-state index in [1.54, 1.807) is 0 Å². The first-order valence-corrected chi connectivity index (χ1v) is 7.20. The molecular formula is C16H18N2OS. The summed E-state index contributed by atoms with van der Waals surface area (Å²) in [6.07, 6.45) is 2.12. The Morgan fingerprint density at radius 1 is 1.15 bits per heavy atom. The van der Waals surface area contributed by atoms with Gasteiger partial charge in [0.05, 0.1) is 0 Å². The Morgan fingerprint density at radius 2 is 1.90 bits per heavy atom. The van der Waals surface area contributed by atoms with Crippen molar-refractivity contribution in [1.29, 1.82) is 0 Å². The maximum Gasteiger partial charge on any atom is 0.258 e. The highest BCUT2D eigenvalue weighted by molar-refractivity contribution is 7.80. The molecule has 0 aromatic heterocycles. The zero-order valence-corrected chi connectivity index (χ0v) is 12.3. The molecule has 2 aromatic rings. The Hall–Kier alpha value is -1.94. The van der Waals surface area contributed by atoms with E-state index in [0.29, 0.717) is 10.7 Å². The first-order chi connectivity index (χ1) is 9.72.